The highest BCUT2D eigenvalue weighted by molar-refractivity contribution is 5.91. The van der Waals surface area contributed by atoms with E-state index in [1.54, 1.807) is 13.0 Å². The van der Waals surface area contributed by atoms with E-state index in [9.17, 15) is 9.59 Å². The summed E-state index contributed by atoms with van der Waals surface area (Å²) < 4.78 is 15.1. The van der Waals surface area contributed by atoms with Crippen LogP contribution >= 0.6 is 0 Å². The predicted molar refractivity (Wildman–Crippen MR) is 142 cm³/mol. The standard InChI is InChI=1S/C31H33N3O4.BrH/c1-3-37-29(35)28-17-16-27(38-28)21-33-18-19-34(22(33)2)26-15-14-25(20-26)31(30(32)36,23-10-6-4-7-11-23)24-12-8-5-9-13-24;/h4-13,16-19,25-26H,3,14-15,20-21H2,1-2H3,(H-,32,36);1H. The number of imidazole rings is 1. The van der Waals surface area contributed by atoms with Crippen LogP contribution in [0.4, 0.5) is 0 Å². The number of carbonyl (C=O) groups is 2. The number of furan rings is 1. The van der Waals surface area contributed by atoms with Crippen molar-refractivity contribution >= 4 is 11.9 Å². The van der Waals surface area contributed by atoms with E-state index >= 15 is 0 Å². The average molecular weight is 593 g/mol. The number of carbonyl (C=O) groups excluding carboxylic acids is 2. The molecule has 2 atom stereocenters. The topological polar surface area (TPSA) is 91.3 Å². The molecule has 1 fully saturated rings. The summed E-state index contributed by atoms with van der Waals surface area (Å²) in [7, 11) is 0. The summed E-state index contributed by atoms with van der Waals surface area (Å²) in [4.78, 5) is 25.3. The first-order valence-electron chi connectivity index (χ1n) is 13.2. The first-order chi connectivity index (χ1) is 18.4. The Morgan fingerprint density at radius 3 is 2.26 bits per heavy atom. The normalized spacial score (nSPS) is 17.0. The van der Waals surface area contributed by atoms with Gasteiger partial charge in [0.25, 0.3) is 5.82 Å². The quantitative estimate of drug-likeness (QED) is 0.237. The second kappa shape index (κ2) is 12.0. The number of nitrogens with two attached hydrogens (primary N) is 1. The first kappa shape index (κ1) is 28.4. The molecule has 2 unspecified atom stereocenters. The Morgan fingerprint density at radius 2 is 1.67 bits per heavy atom. The minimum atomic E-state index is -0.897. The number of nitrogens with zero attached hydrogens (tertiary/aromatic N) is 2. The van der Waals surface area contributed by atoms with Gasteiger partial charge in [0.2, 0.25) is 11.7 Å². The van der Waals surface area contributed by atoms with Crippen molar-refractivity contribution in [3.63, 3.8) is 0 Å². The lowest BCUT2D eigenvalue weighted by molar-refractivity contribution is -0.695. The monoisotopic (exact) mass is 591 g/mol. The second-order valence-electron chi connectivity index (χ2n) is 9.94. The fourth-order valence-corrected chi connectivity index (χ4v) is 6.14. The third-order valence-corrected chi connectivity index (χ3v) is 7.92. The molecule has 4 aromatic rings. The summed E-state index contributed by atoms with van der Waals surface area (Å²) in [5.41, 5.74) is 7.26. The minimum absolute atomic E-state index is 0. The van der Waals surface area contributed by atoms with Crippen LogP contribution in [0.25, 0.3) is 0 Å². The van der Waals surface area contributed by atoms with Crippen molar-refractivity contribution < 1.29 is 40.3 Å². The van der Waals surface area contributed by atoms with Gasteiger partial charge >= 0.3 is 5.97 Å². The maximum Gasteiger partial charge on any atom is 0.374 e. The van der Waals surface area contributed by atoms with E-state index in [1.165, 1.54) is 0 Å². The highest BCUT2D eigenvalue weighted by atomic mass is 79.9. The molecule has 0 saturated heterocycles. The van der Waals surface area contributed by atoms with Crippen molar-refractivity contribution in [2.45, 2.75) is 51.1 Å². The average Bonchev–Trinajstić information content (AvgIpc) is 3.68. The minimum Gasteiger partial charge on any atom is -1.00 e. The van der Waals surface area contributed by atoms with Crippen LogP contribution in [0.5, 0.6) is 0 Å². The fraction of sp³-hybridized carbons (Fsp3) is 0.323. The van der Waals surface area contributed by atoms with Gasteiger partial charge in [0.15, 0.2) is 0 Å². The number of benzene rings is 2. The molecular formula is C31H34BrN3O4. The number of esters is 1. The lowest BCUT2D eigenvalue weighted by atomic mass is 9.64. The van der Waals surface area contributed by atoms with Crippen LogP contribution in [0.2, 0.25) is 0 Å². The third-order valence-electron chi connectivity index (χ3n) is 7.92. The molecular weight excluding hydrogens is 558 g/mol. The number of hydrogen-bond donors (Lipinski definition) is 1. The molecule has 8 heteroatoms. The Labute approximate surface area is 239 Å². The van der Waals surface area contributed by atoms with Crippen molar-refractivity contribution in [2.24, 2.45) is 11.7 Å². The Balaban J connectivity index is 0.00000353. The Bertz CT molecular complexity index is 1370. The van der Waals surface area contributed by atoms with Gasteiger partial charge in [-0.2, -0.15) is 0 Å². The van der Waals surface area contributed by atoms with E-state index in [0.29, 0.717) is 18.9 Å². The van der Waals surface area contributed by atoms with Gasteiger partial charge in [-0.05, 0) is 55.4 Å². The number of hydrogen-bond acceptors (Lipinski definition) is 4. The number of primary amides is 1. The van der Waals surface area contributed by atoms with Gasteiger partial charge in [0.1, 0.15) is 36.2 Å². The van der Waals surface area contributed by atoms with E-state index in [1.807, 2.05) is 72.9 Å². The zero-order chi connectivity index (χ0) is 26.7. The summed E-state index contributed by atoms with van der Waals surface area (Å²) in [6, 6.07) is 23.6. The number of amides is 1. The molecule has 0 spiro atoms. The van der Waals surface area contributed by atoms with E-state index in [0.717, 1.165) is 36.2 Å². The van der Waals surface area contributed by atoms with E-state index in [-0.39, 0.29) is 40.6 Å². The highest BCUT2D eigenvalue weighted by Crippen LogP contribution is 2.49. The van der Waals surface area contributed by atoms with Crippen molar-refractivity contribution in [1.29, 1.82) is 0 Å². The van der Waals surface area contributed by atoms with E-state index in [4.69, 9.17) is 14.9 Å². The van der Waals surface area contributed by atoms with E-state index < -0.39 is 11.4 Å². The van der Waals surface area contributed by atoms with Crippen LogP contribution < -0.4 is 27.3 Å². The molecule has 2 aromatic heterocycles. The molecule has 2 aromatic carbocycles. The van der Waals surface area contributed by atoms with Gasteiger partial charge in [0, 0.05) is 6.92 Å². The van der Waals surface area contributed by atoms with Crippen molar-refractivity contribution in [1.82, 2.24) is 4.57 Å². The van der Waals surface area contributed by atoms with Crippen LogP contribution in [-0.4, -0.2) is 23.1 Å². The molecule has 39 heavy (non-hydrogen) atoms. The molecule has 1 saturated carbocycles. The lowest BCUT2D eigenvalue weighted by Gasteiger charge is -2.37. The van der Waals surface area contributed by atoms with Crippen LogP contribution in [0.3, 0.4) is 0 Å². The fourth-order valence-electron chi connectivity index (χ4n) is 6.14. The second-order valence-corrected chi connectivity index (χ2v) is 9.94. The molecule has 2 heterocycles. The van der Waals surface area contributed by atoms with Crippen molar-refractivity contribution in [2.75, 3.05) is 6.61 Å². The maximum absolute atomic E-state index is 13.4. The SMILES string of the molecule is CCOC(=O)c1ccc(C[n+]2ccn(C3CCC(C(C(N)=O)(c4ccccc4)c4ccccc4)C3)c2C)o1.[Br-]. The van der Waals surface area contributed by atoms with Gasteiger partial charge in [-0.1, -0.05) is 60.7 Å². The summed E-state index contributed by atoms with van der Waals surface area (Å²) in [5, 5.41) is 0. The maximum atomic E-state index is 13.4. The molecule has 1 aliphatic rings. The summed E-state index contributed by atoms with van der Waals surface area (Å²) in [6.45, 7) is 4.66. The number of halogens is 1. The summed E-state index contributed by atoms with van der Waals surface area (Å²) in [6.07, 6.45) is 6.79. The Morgan fingerprint density at radius 1 is 1.03 bits per heavy atom. The summed E-state index contributed by atoms with van der Waals surface area (Å²) >= 11 is 0. The first-order valence-corrected chi connectivity index (χ1v) is 13.2. The molecule has 204 valence electrons. The van der Waals surface area contributed by atoms with Crippen LogP contribution in [-0.2, 0) is 21.5 Å². The third kappa shape index (κ3) is 5.30. The Hall–Kier alpha value is -3.65. The van der Waals surface area contributed by atoms with E-state index in [2.05, 4.69) is 22.3 Å². The smallest absolute Gasteiger partial charge is 0.374 e. The van der Waals surface area contributed by atoms with Gasteiger partial charge in [0.05, 0.1) is 6.61 Å². The molecule has 2 N–H and O–H groups in total. The molecule has 1 aliphatic carbocycles. The molecule has 7 nitrogen and oxygen atoms in total. The Kier molecular flexibility index (Phi) is 8.75. The largest absolute Gasteiger partial charge is 1.00 e. The van der Waals surface area contributed by atoms with Gasteiger partial charge in [-0.3, -0.25) is 4.79 Å². The van der Waals surface area contributed by atoms with Crippen LogP contribution in [0, 0.1) is 12.8 Å². The van der Waals surface area contributed by atoms with Crippen LogP contribution in [0.15, 0.2) is 89.6 Å². The number of aromatic nitrogens is 2. The predicted octanol–water partition coefficient (Wildman–Crippen LogP) is 1.72. The molecule has 1 amide bonds. The number of rotatable bonds is 9. The number of ether oxygens (including phenoxy) is 1. The zero-order valence-corrected chi connectivity index (χ0v) is 23.8. The highest BCUT2D eigenvalue weighted by Gasteiger charge is 2.51. The summed E-state index contributed by atoms with van der Waals surface area (Å²) in [5.74, 6) is 1.27. The van der Waals surface area contributed by atoms with Gasteiger partial charge < -0.3 is 31.9 Å². The molecule has 0 bridgehead atoms. The van der Waals surface area contributed by atoms with Crippen LogP contribution in [0.1, 0.15) is 65.5 Å². The molecule has 5 rings (SSSR count). The lowest BCUT2D eigenvalue weighted by Crippen LogP contribution is -3.00. The van der Waals surface area contributed by atoms with Gasteiger partial charge in [-0.15, -0.1) is 0 Å². The zero-order valence-electron chi connectivity index (χ0n) is 22.3. The molecule has 0 aliphatic heterocycles. The van der Waals surface area contributed by atoms with Crippen molar-refractivity contribution in [3.8, 4) is 0 Å². The molecule has 0 radical (unpaired) electrons. The van der Waals surface area contributed by atoms with Crippen molar-refractivity contribution in [3.05, 3.63) is 114 Å². The van der Waals surface area contributed by atoms with Gasteiger partial charge in [-0.25, -0.2) is 13.9 Å².